The van der Waals surface area contributed by atoms with Crippen LogP contribution in [-0.4, -0.2) is 0 Å². The van der Waals surface area contributed by atoms with Crippen LogP contribution in [0.25, 0.3) is 54.9 Å². The van der Waals surface area contributed by atoms with Gasteiger partial charge >= 0.3 is 0 Å². The smallest absolute Gasteiger partial charge is 0.0543 e. The molecule has 0 N–H and O–H groups in total. The lowest BCUT2D eigenvalue weighted by atomic mass is 9.78. The molecule has 0 bridgehead atoms. The summed E-state index contributed by atoms with van der Waals surface area (Å²) in [4.78, 5) is 7.22. The second-order valence-corrected chi connectivity index (χ2v) is 24.7. The number of para-hydroxylation sites is 2. The standard InChI is InChI=1S/C80H69N3/c1-11-23-53(24-12-2)82(59-43-41-58(42-44-59)81(56-37-33-51(3)34-38-56)57-39-35-52(4)36-40-57)74-49-72-76(62-31-21-19-29-60(62)74)66-47-68-64(45-70(66)79(72,7)8)65-46-71-67(48-69(65)78(68,5)6)77-63-32-22-20-30-61(63)75(50-73(77)80(71,9)10)83(54-25-15-13-16-26-54)55-27-17-14-18-28-55/h11-50H,1H2,2-10H3/b24-12-,53-23+. The Balaban J connectivity index is 0.901. The van der Waals surface area contributed by atoms with Crippen LogP contribution >= 0.6 is 0 Å². The number of hydrogen-bond acceptors (Lipinski definition) is 3. The summed E-state index contributed by atoms with van der Waals surface area (Å²) < 4.78 is 0. The van der Waals surface area contributed by atoms with Gasteiger partial charge in [-0.15, -0.1) is 0 Å². The number of nitrogens with zero attached hydrogens (tertiary/aromatic N) is 3. The molecule has 0 saturated heterocycles. The fraction of sp³-hybridized carbons (Fsp3) is 0.150. The van der Waals surface area contributed by atoms with E-state index in [-0.39, 0.29) is 16.2 Å². The van der Waals surface area contributed by atoms with Crippen molar-refractivity contribution in [2.45, 2.75) is 78.6 Å². The molecule has 11 aromatic carbocycles. The molecule has 0 spiro atoms. The highest BCUT2D eigenvalue weighted by Crippen LogP contribution is 2.62. The van der Waals surface area contributed by atoms with Crippen molar-refractivity contribution in [3.05, 3.63) is 299 Å². The second kappa shape index (κ2) is 19.4. The van der Waals surface area contributed by atoms with Gasteiger partial charge in [-0.3, -0.25) is 0 Å². The molecule has 0 saturated carbocycles. The van der Waals surface area contributed by atoms with E-state index < -0.39 is 0 Å². The van der Waals surface area contributed by atoms with E-state index >= 15 is 0 Å². The fourth-order valence-corrected chi connectivity index (χ4v) is 14.3. The normalized spacial score (nSPS) is 14.7. The summed E-state index contributed by atoms with van der Waals surface area (Å²) in [6, 6.07) is 81.9. The van der Waals surface area contributed by atoms with E-state index in [1.807, 2.05) is 6.08 Å². The number of anilines is 8. The Morgan fingerprint density at radius 1 is 0.361 bits per heavy atom. The minimum Gasteiger partial charge on any atom is -0.311 e. The molecule has 0 heterocycles. The highest BCUT2D eigenvalue weighted by Gasteiger charge is 2.46. The Bertz CT molecular complexity index is 4390. The molecule has 0 aliphatic heterocycles. The number of hydrogen-bond donors (Lipinski definition) is 0. The van der Waals surface area contributed by atoms with Crippen LogP contribution in [0.2, 0.25) is 0 Å². The minimum atomic E-state index is -0.322. The van der Waals surface area contributed by atoms with Gasteiger partial charge < -0.3 is 14.7 Å². The molecule has 14 rings (SSSR count). The molecular weight excluding hydrogens is 1000 g/mol. The Morgan fingerprint density at radius 2 is 0.711 bits per heavy atom. The molecule has 11 aromatic rings. The van der Waals surface area contributed by atoms with E-state index in [9.17, 15) is 0 Å². The van der Waals surface area contributed by atoms with Crippen LogP contribution in [0.3, 0.4) is 0 Å². The zero-order valence-electron chi connectivity index (χ0n) is 49.1. The molecule has 83 heavy (non-hydrogen) atoms. The van der Waals surface area contributed by atoms with Crippen molar-refractivity contribution in [1.82, 2.24) is 0 Å². The number of allylic oxidation sites excluding steroid dienone is 4. The molecule has 0 atom stereocenters. The first kappa shape index (κ1) is 51.7. The lowest BCUT2D eigenvalue weighted by molar-refractivity contribution is 0.649. The van der Waals surface area contributed by atoms with Gasteiger partial charge in [0.15, 0.2) is 0 Å². The third-order valence-corrected chi connectivity index (χ3v) is 18.6. The number of benzene rings is 11. The van der Waals surface area contributed by atoms with E-state index in [0.29, 0.717) is 0 Å². The number of fused-ring (bicyclic) bond motifs is 13. The maximum Gasteiger partial charge on any atom is 0.0543 e. The Hall–Kier alpha value is -9.44. The van der Waals surface area contributed by atoms with E-state index in [4.69, 9.17) is 0 Å². The monoisotopic (exact) mass is 1070 g/mol. The quantitative estimate of drug-likeness (QED) is 0.120. The zero-order valence-corrected chi connectivity index (χ0v) is 49.1. The highest BCUT2D eigenvalue weighted by atomic mass is 15.2. The summed E-state index contributed by atoms with van der Waals surface area (Å²) in [5, 5.41) is 4.99. The molecule has 3 nitrogen and oxygen atoms in total. The Labute approximate surface area is 490 Å². The lowest BCUT2D eigenvalue weighted by Gasteiger charge is -2.31. The van der Waals surface area contributed by atoms with Crippen molar-refractivity contribution < 1.29 is 0 Å². The Morgan fingerprint density at radius 3 is 1.16 bits per heavy atom. The largest absolute Gasteiger partial charge is 0.311 e. The molecule has 0 amide bonds. The second-order valence-electron chi connectivity index (χ2n) is 24.7. The fourth-order valence-electron chi connectivity index (χ4n) is 14.3. The van der Waals surface area contributed by atoms with Crippen LogP contribution < -0.4 is 14.7 Å². The van der Waals surface area contributed by atoms with Gasteiger partial charge in [-0.05, 0) is 220 Å². The minimum absolute atomic E-state index is 0.258. The van der Waals surface area contributed by atoms with Gasteiger partial charge in [-0.25, -0.2) is 0 Å². The lowest BCUT2D eigenvalue weighted by Crippen LogP contribution is -2.19. The van der Waals surface area contributed by atoms with Crippen molar-refractivity contribution in [3.63, 3.8) is 0 Å². The van der Waals surface area contributed by atoms with Crippen LogP contribution in [0, 0.1) is 13.8 Å². The van der Waals surface area contributed by atoms with Gasteiger partial charge in [0, 0.05) is 66.8 Å². The first-order chi connectivity index (χ1) is 40.2. The summed E-state index contributed by atoms with van der Waals surface area (Å²) in [5.74, 6) is 0. The van der Waals surface area contributed by atoms with E-state index in [2.05, 4.69) is 320 Å². The van der Waals surface area contributed by atoms with Gasteiger partial charge in [0.05, 0.1) is 11.4 Å². The van der Waals surface area contributed by atoms with Crippen LogP contribution in [0.15, 0.2) is 255 Å². The summed E-state index contributed by atoms with van der Waals surface area (Å²) in [6.07, 6.45) is 8.37. The van der Waals surface area contributed by atoms with Crippen molar-refractivity contribution in [3.8, 4) is 33.4 Å². The maximum absolute atomic E-state index is 4.23. The molecule has 3 heteroatoms. The zero-order chi connectivity index (χ0) is 57.1. The number of aryl methyl sites for hydroxylation is 2. The van der Waals surface area contributed by atoms with Gasteiger partial charge in [-0.2, -0.15) is 0 Å². The van der Waals surface area contributed by atoms with Crippen LogP contribution in [0.4, 0.5) is 45.5 Å². The van der Waals surface area contributed by atoms with E-state index in [0.717, 1.165) is 45.5 Å². The first-order valence-corrected chi connectivity index (χ1v) is 29.4. The van der Waals surface area contributed by atoms with E-state index in [1.54, 1.807) is 0 Å². The van der Waals surface area contributed by atoms with Gasteiger partial charge in [0.1, 0.15) is 0 Å². The molecule has 0 fully saturated rings. The SMILES string of the molecule is C=C/C=C(\C=C/C)N(c1ccc(N(c2ccc(C)cc2)c2ccc(C)cc2)cc1)c1cc2c(c3ccccc13)-c1cc3c(cc1C2(C)C)-c1cc2c(cc1C3(C)C)-c1c(cc(N(c3ccccc3)c3ccccc3)c3ccccc13)C2(C)C. The molecule has 3 aliphatic rings. The third-order valence-electron chi connectivity index (χ3n) is 18.6. The van der Waals surface area contributed by atoms with Crippen molar-refractivity contribution in [2.24, 2.45) is 0 Å². The summed E-state index contributed by atoms with van der Waals surface area (Å²) >= 11 is 0. The molecular formula is C80H69N3. The highest BCUT2D eigenvalue weighted by molar-refractivity contribution is 6.12. The molecule has 0 unspecified atom stereocenters. The van der Waals surface area contributed by atoms with Gasteiger partial charge in [0.2, 0.25) is 0 Å². The molecule has 0 aromatic heterocycles. The number of rotatable bonds is 11. The Kier molecular flexibility index (Phi) is 12.1. The van der Waals surface area contributed by atoms with Crippen molar-refractivity contribution >= 4 is 67.0 Å². The first-order valence-electron chi connectivity index (χ1n) is 29.4. The molecule has 3 aliphatic carbocycles. The maximum atomic E-state index is 4.23. The van der Waals surface area contributed by atoms with Crippen LogP contribution in [0.5, 0.6) is 0 Å². The predicted molar refractivity (Wildman–Crippen MR) is 355 cm³/mol. The molecule has 0 radical (unpaired) electrons. The van der Waals surface area contributed by atoms with Gasteiger partial charge in [0.25, 0.3) is 0 Å². The van der Waals surface area contributed by atoms with Crippen molar-refractivity contribution in [1.29, 1.82) is 0 Å². The van der Waals surface area contributed by atoms with E-state index in [1.165, 1.54) is 105 Å². The van der Waals surface area contributed by atoms with Gasteiger partial charge in [-0.1, -0.05) is 181 Å². The third kappa shape index (κ3) is 8.00. The van der Waals surface area contributed by atoms with Crippen LogP contribution in [0.1, 0.15) is 93.0 Å². The average molecular weight is 1070 g/mol. The summed E-state index contributed by atoms with van der Waals surface area (Å²) in [6.45, 7) is 25.3. The average Bonchev–Trinajstić information content (AvgIpc) is 1.84. The topological polar surface area (TPSA) is 9.72 Å². The van der Waals surface area contributed by atoms with Crippen molar-refractivity contribution in [2.75, 3.05) is 14.7 Å². The summed E-state index contributed by atoms with van der Waals surface area (Å²) in [7, 11) is 0. The molecule has 404 valence electrons. The van der Waals surface area contributed by atoms with Crippen LogP contribution in [-0.2, 0) is 16.2 Å². The predicted octanol–water partition coefficient (Wildman–Crippen LogP) is 22.3. The summed E-state index contributed by atoms with van der Waals surface area (Å²) in [5.41, 5.74) is 28.0.